The SMILES string of the molecule is C=C(/C=C\C=C1/CN=C(Nc2ccc(C#N)cc2)N=C1N)c1c(C)cc(/C(C)=C\C#N)cc1C. The third-order valence-corrected chi connectivity index (χ3v) is 5.41. The van der Waals surface area contributed by atoms with E-state index in [0.717, 1.165) is 44.7 Å². The number of hydrogen-bond donors (Lipinski definition) is 2. The molecule has 1 aliphatic rings. The van der Waals surface area contributed by atoms with Gasteiger partial charge in [-0.25, -0.2) is 4.99 Å². The van der Waals surface area contributed by atoms with Crippen LogP contribution in [0.5, 0.6) is 0 Å². The van der Waals surface area contributed by atoms with E-state index in [1.54, 1.807) is 30.3 Å². The van der Waals surface area contributed by atoms with E-state index in [2.05, 4.69) is 46.2 Å². The minimum absolute atomic E-state index is 0.401. The molecule has 168 valence electrons. The van der Waals surface area contributed by atoms with Crippen LogP contribution in [0.25, 0.3) is 11.1 Å². The van der Waals surface area contributed by atoms with Crippen molar-refractivity contribution in [2.45, 2.75) is 20.8 Å². The molecule has 0 aliphatic carbocycles. The van der Waals surface area contributed by atoms with E-state index in [1.165, 1.54) is 0 Å². The molecule has 0 amide bonds. The largest absolute Gasteiger partial charge is 0.383 e. The van der Waals surface area contributed by atoms with Crippen LogP contribution < -0.4 is 11.1 Å². The fourth-order valence-corrected chi connectivity index (χ4v) is 3.67. The second-order valence-electron chi connectivity index (χ2n) is 7.97. The predicted molar refractivity (Wildman–Crippen MR) is 140 cm³/mol. The molecule has 6 nitrogen and oxygen atoms in total. The van der Waals surface area contributed by atoms with E-state index >= 15 is 0 Å². The van der Waals surface area contributed by atoms with E-state index in [1.807, 2.05) is 39.0 Å². The Morgan fingerprint density at radius 1 is 1.15 bits per heavy atom. The maximum Gasteiger partial charge on any atom is 0.224 e. The molecular formula is C28H26N6. The Labute approximate surface area is 200 Å². The van der Waals surface area contributed by atoms with Gasteiger partial charge in [0, 0.05) is 17.3 Å². The van der Waals surface area contributed by atoms with Gasteiger partial charge < -0.3 is 11.1 Å². The van der Waals surface area contributed by atoms with Gasteiger partial charge in [-0.15, -0.1) is 0 Å². The van der Waals surface area contributed by atoms with Gasteiger partial charge in [0.15, 0.2) is 0 Å². The standard InChI is InChI=1S/C28H26N6/c1-18(12-13-29)24-14-20(3)26(21(4)15-24)19(2)6-5-7-23-17-32-28(34-27(23)31)33-25-10-8-22(16-30)9-11-25/h5-12,14-15H,2,17H2,1,3-4H3,(H3,31,32,33,34)/b6-5-,18-12-,23-7+. The lowest BCUT2D eigenvalue weighted by atomic mass is 9.92. The number of anilines is 1. The summed E-state index contributed by atoms with van der Waals surface area (Å²) in [6.07, 6.45) is 7.30. The third kappa shape index (κ3) is 5.76. The molecule has 0 spiro atoms. The van der Waals surface area contributed by atoms with Crippen molar-refractivity contribution in [3.8, 4) is 12.1 Å². The average molecular weight is 447 g/mol. The predicted octanol–water partition coefficient (Wildman–Crippen LogP) is 5.44. The van der Waals surface area contributed by atoms with Crippen molar-refractivity contribution in [2.24, 2.45) is 15.7 Å². The van der Waals surface area contributed by atoms with Gasteiger partial charge in [-0.3, -0.25) is 0 Å². The number of nitriles is 2. The summed E-state index contributed by atoms with van der Waals surface area (Å²) < 4.78 is 0. The Morgan fingerprint density at radius 2 is 1.82 bits per heavy atom. The zero-order valence-corrected chi connectivity index (χ0v) is 19.6. The summed E-state index contributed by atoms with van der Waals surface area (Å²) in [5, 5.41) is 20.9. The zero-order valence-electron chi connectivity index (χ0n) is 19.6. The minimum atomic E-state index is 0.401. The number of hydrogen-bond acceptors (Lipinski definition) is 6. The molecule has 0 radical (unpaired) electrons. The van der Waals surface area contributed by atoms with E-state index in [0.29, 0.717) is 23.9 Å². The number of rotatable bonds is 5. The van der Waals surface area contributed by atoms with Gasteiger partial charge in [0.1, 0.15) is 5.84 Å². The molecule has 2 aromatic rings. The lowest BCUT2D eigenvalue weighted by Gasteiger charge is -2.14. The Balaban J connectivity index is 1.69. The second kappa shape index (κ2) is 10.8. The molecule has 0 saturated carbocycles. The van der Waals surface area contributed by atoms with E-state index in [4.69, 9.17) is 16.3 Å². The highest BCUT2D eigenvalue weighted by molar-refractivity contribution is 6.10. The molecule has 2 aromatic carbocycles. The van der Waals surface area contributed by atoms with Crippen LogP contribution in [0.15, 0.2) is 82.8 Å². The summed E-state index contributed by atoms with van der Waals surface area (Å²) >= 11 is 0. The zero-order chi connectivity index (χ0) is 24.7. The second-order valence-corrected chi connectivity index (χ2v) is 7.97. The summed E-state index contributed by atoms with van der Waals surface area (Å²) in [6.45, 7) is 10.7. The number of guanidine groups is 1. The number of aryl methyl sites for hydroxylation is 2. The topological polar surface area (TPSA) is 110 Å². The van der Waals surface area contributed by atoms with Crippen molar-refractivity contribution in [3.05, 3.63) is 101 Å². The first kappa shape index (κ1) is 24.0. The van der Waals surface area contributed by atoms with Gasteiger partial charge >= 0.3 is 0 Å². The fraction of sp³-hybridized carbons (Fsp3) is 0.143. The molecule has 0 fully saturated rings. The van der Waals surface area contributed by atoms with Crippen LogP contribution in [0.3, 0.4) is 0 Å². The van der Waals surface area contributed by atoms with Crippen LogP contribution in [0.2, 0.25) is 0 Å². The van der Waals surface area contributed by atoms with Crippen molar-refractivity contribution < 1.29 is 0 Å². The molecule has 0 unspecified atom stereocenters. The van der Waals surface area contributed by atoms with Crippen LogP contribution in [0, 0.1) is 36.5 Å². The first-order valence-corrected chi connectivity index (χ1v) is 10.7. The smallest absolute Gasteiger partial charge is 0.224 e. The van der Waals surface area contributed by atoms with Gasteiger partial charge in [-0.1, -0.05) is 36.9 Å². The third-order valence-electron chi connectivity index (χ3n) is 5.41. The minimum Gasteiger partial charge on any atom is -0.383 e. The van der Waals surface area contributed by atoms with Crippen LogP contribution in [0.1, 0.15) is 34.7 Å². The van der Waals surface area contributed by atoms with Crippen LogP contribution in [0.4, 0.5) is 5.69 Å². The molecule has 1 heterocycles. The quantitative estimate of drug-likeness (QED) is 0.471. The van der Waals surface area contributed by atoms with Gasteiger partial charge in [0.25, 0.3) is 0 Å². The van der Waals surface area contributed by atoms with Gasteiger partial charge in [0.05, 0.1) is 24.2 Å². The normalized spacial score (nSPS) is 14.9. The molecule has 0 bridgehead atoms. The molecule has 0 saturated heterocycles. The molecule has 6 heteroatoms. The van der Waals surface area contributed by atoms with E-state index in [9.17, 15) is 0 Å². The van der Waals surface area contributed by atoms with Gasteiger partial charge in [0.2, 0.25) is 5.96 Å². The Kier molecular flexibility index (Phi) is 7.59. The number of allylic oxidation sites excluding steroid dienone is 6. The number of nitrogens with zero attached hydrogens (tertiary/aromatic N) is 4. The number of aliphatic imine (C=N–C) groups is 2. The molecule has 34 heavy (non-hydrogen) atoms. The van der Waals surface area contributed by atoms with Crippen LogP contribution in [-0.2, 0) is 0 Å². The highest BCUT2D eigenvalue weighted by Crippen LogP contribution is 2.27. The summed E-state index contributed by atoms with van der Waals surface area (Å²) in [5.41, 5.74) is 14.5. The first-order chi connectivity index (χ1) is 16.3. The highest BCUT2D eigenvalue weighted by atomic mass is 15.2. The molecule has 3 rings (SSSR count). The highest BCUT2D eigenvalue weighted by Gasteiger charge is 2.11. The number of benzene rings is 2. The van der Waals surface area contributed by atoms with Crippen LogP contribution in [-0.4, -0.2) is 18.3 Å². The molecule has 3 N–H and O–H groups in total. The average Bonchev–Trinajstić information content (AvgIpc) is 2.80. The van der Waals surface area contributed by atoms with Crippen LogP contribution >= 0.6 is 0 Å². The summed E-state index contributed by atoms with van der Waals surface area (Å²) in [5.74, 6) is 0.831. The van der Waals surface area contributed by atoms with Crippen molar-refractivity contribution in [3.63, 3.8) is 0 Å². The summed E-state index contributed by atoms with van der Waals surface area (Å²) in [7, 11) is 0. The monoisotopic (exact) mass is 446 g/mol. The van der Waals surface area contributed by atoms with Gasteiger partial charge in [-0.05, 0) is 78.4 Å². The van der Waals surface area contributed by atoms with Gasteiger partial charge in [-0.2, -0.15) is 15.5 Å². The lowest BCUT2D eigenvalue weighted by Crippen LogP contribution is -2.26. The number of nitrogens with two attached hydrogens (primary N) is 1. The van der Waals surface area contributed by atoms with Crippen molar-refractivity contribution in [2.75, 3.05) is 11.9 Å². The molecule has 0 aromatic heterocycles. The number of nitrogens with one attached hydrogen (secondary N) is 1. The Bertz CT molecular complexity index is 1330. The van der Waals surface area contributed by atoms with Crippen molar-refractivity contribution in [1.82, 2.24) is 0 Å². The van der Waals surface area contributed by atoms with E-state index < -0.39 is 0 Å². The first-order valence-electron chi connectivity index (χ1n) is 10.7. The van der Waals surface area contributed by atoms with E-state index in [-0.39, 0.29) is 0 Å². The number of amidine groups is 1. The maximum absolute atomic E-state index is 8.91. The van der Waals surface area contributed by atoms with Crippen molar-refractivity contribution >= 4 is 28.6 Å². The molecule has 1 aliphatic heterocycles. The van der Waals surface area contributed by atoms with Crippen molar-refractivity contribution in [1.29, 1.82) is 10.5 Å². The molecular weight excluding hydrogens is 420 g/mol. The molecule has 0 atom stereocenters. The maximum atomic E-state index is 8.91. The summed E-state index contributed by atoms with van der Waals surface area (Å²) in [6, 6.07) is 15.4. The fourth-order valence-electron chi connectivity index (χ4n) is 3.67. The summed E-state index contributed by atoms with van der Waals surface area (Å²) in [4.78, 5) is 8.79. The lowest BCUT2D eigenvalue weighted by molar-refractivity contribution is 1.14. The Hall–Kier alpha value is -4.68. The Morgan fingerprint density at radius 3 is 2.41 bits per heavy atom.